The lowest BCUT2D eigenvalue weighted by Gasteiger charge is -2.05. The quantitative estimate of drug-likeness (QED) is 0.541. The largest absolute Gasteiger partial charge is 0.293 e. The minimum absolute atomic E-state index is 0.0449. The van der Waals surface area contributed by atoms with Crippen molar-refractivity contribution in [2.45, 2.75) is 6.92 Å². The predicted molar refractivity (Wildman–Crippen MR) is 92.1 cm³/mol. The normalized spacial score (nSPS) is 10.9. The van der Waals surface area contributed by atoms with Gasteiger partial charge in [-0.05, 0) is 30.3 Å². The second-order valence-corrected chi connectivity index (χ2v) is 5.48. The summed E-state index contributed by atoms with van der Waals surface area (Å²) in [6.45, 7) is 1.52. The number of Topliss-reactive ketones (excluding diaryl/α,β-unsaturated/α-hetero) is 1. The highest BCUT2D eigenvalue weighted by molar-refractivity contribution is 5.93. The maximum atomic E-state index is 11.6. The van der Waals surface area contributed by atoms with Crippen LogP contribution in [0, 0.1) is 0 Å². The molecule has 0 N–H and O–H groups in total. The zero-order chi connectivity index (χ0) is 16.5. The van der Waals surface area contributed by atoms with Gasteiger partial charge in [-0.2, -0.15) is 5.10 Å². The molecule has 24 heavy (non-hydrogen) atoms. The standard InChI is InChI=1S/C19H14N4O/c1-13(24)16-5-4-6-17(22-16)14-8-9-15-12-21-23(18(15)11-14)19-7-2-3-10-20-19/h2-12H,1H3. The molecule has 0 spiro atoms. The molecule has 0 radical (unpaired) electrons. The molecule has 0 unspecified atom stereocenters. The topological polar surface area (TPSA) is 60.7 Å². The molecule has 116 valence electrons. The van der Waals surface area contributed by atoms with Gasteiger partial charge in [0, 0.05) is 24.1 Å². The van der Waals surface area contributed by atoms with E-state index >= 15 is 0 Å². The summed E-state index contributed by atoms with van der Waals surface area (Å²) in [7, 11) is 0. The van der Waals surface area contributed by atoms with Crippen LogP contribution in [-0.2, 0) is 0 Å². The van der Waals surface area contributed by atoms with Crippen molar-refractivity contribution in [3.05, 3.63) is 72.7 Å². The van der Waals surface area contributed by atoms with Crippen LogP contribution in [-0.4, -0.2) is 25.5 Å². The molecule has 3 heterocycles. The van der Waals surface area contributed by atoms with Gasteiger partial charge in [-0.25, -0.2) is 14.6 Å². The Morgan fingerprint density at radius 3 is 2.75 bits per heavy atom. The molecule has 3 aromatic heterocycles. The van der Waals surface area contributed by atoms with Crippen LogP contribution in [0.4, 0.5) is 0 Å². The third-order valence-electron chi connectivity index (χ3n) is 3.84. The number of carbonyl (C=O) groups is 1. The van der Waals surface area contributed by atoms with E-state index in [1.807, 2.05) is 54.7 Å². The van der Waals surface area contributed by atoms with Gasteiger partial charge >= 0.3 is 0 Å². The zero-order valence-corrected chi connectivity index (χ0v) is 13.0. The number of carbonyl (C=O) groups excluding carboxylic acids is 1. The fourth-order valence-electron chi connectivity index (χ4n) is 2.63. The van der Waals surface area contributed by atoms with Crippen molar-refractivity contribution in [1.82, 2.24) is 19.7 Å². The molecule has 0 amide bonds. The number of ketones is 1. The summed E-state index contributed by atoms with van der Waals surface area (Å²) in [5.41, 5.74) is 3.11. The van der Waals surface area contributed by atoms with Gasteiger partial charge in [-0.15, -0.1) is 0 Å². The van der Waals surface area contributed by atoms with Crippen LogP contribution < -0.4 is 0 Å². The summed E-state index contributed by atoms with van der Waals surface area (Å²) < 4.78 is 1.80. The summed E-state index contributed by atoms with van der Waals surface area (Å²) in [5.74, 6) is 0.714. The van der Waals surface area contributed by atoms with Crippen molar-refractivity contribution in [2.24, 2.45) is 0 Å². The van der Waals surface area contributed by atoms with Crippen LogP contribution in [0.3, 0.4) is 0 Å². The fourth-order valence-corrected chi connectivity index (χ4v) is 2.63. The Morgan fingerprint density at radius 1 is 1.04 bits per heavy atom. The van der Waals surface area contributed by atoms with Gasteiger partial charge in [0.15, 0.2) is 11.6 Å². The fraction of sp³-hybridized carbons (Fsp3) is 0.0526. The number of rotatable bonds is 3. The Bertz CT molecular complexity index is 1040. The van der Waals surface area contributed by atoms with Crippen molar-refractivity contribution in [2.75, 3.05) is 0 Å². The maximum absolute atomic E-state index is 11.6. The molecule has 0 fully saturated rings. The van der Waals surface area contributed by atoms with E-state index in [0.717, 1.165) is 28.0 Å². The first kappa shape index (κ1) is 14.3. The van der Waals surface area contributed by atoms with E-state index in [0.29, 0.717) is 5.69 Å². The van der Waals surface area contributed by atoms with E-state index in [4.69, 9.17) is 0 Å². The molecule has 0 saturated carbocycles. The van der Waals surface area contributed by atoms with Crippen LogP contribution >= 0.6 is 0 Å². The summed E-state index contributed by atoms with van der Waals surface area (Å²) in [6.07, 6.45) is 3.55. The number of hydrogen-bond acceptors (Lipinski definition) is 4. The summed E-state index contributed by atoms with van der Waals surface area (Å²) in [6, 6.07) is 17.2. The lowest BCUT2D eigenvalue weighted by Crippen LogP contribution is -1.99. The SMILES string of the molecule is CC(=O)c1cccc(-c2ccc3cnn(-c4ccccn4)c3c2)n1. The Balaban J connectivity index is 1.86. The summed E-state index contributed by atoms with van der Waals surface area (Å²) >= 11 is 0. The molecule has 4 rings (SSSR count). The van der Waals surface area contributed by atoms with Crippen LogP contribution in [0.5, 0.6) is 0 Å². The highest BCUT2D eigenvalue weighted by Gasteiger charge is 2.09. The van der Waals surface area contributed by atoms with E-state index in [9.17, 15) is 4.79 Å². The Kier molecular flexibility index (Phi) is 3.39. The lowest BCUT2D eigenvalue weighted by atomic mass is 10.1. The van der Waals surface area contributed by atoms with Crippen molar-refractivity contribution in [3.8, 4) is 17.1 Å². The number of fused-ring (bicyclic) bond motifs is 1. The Hall–Kier alpha value is -3.34. The van der Waals surface area contributed by atoms with E-state index in [1.165, 1.54) is 6.92 Å². The van der Waals surface area contributed by atoms with Gasteiger partial charge in [0.05, 0.1) is 17.4 Å². The molecular weight excluding hydrogens is 300 g/mol. The lowest BCUT2D eigenvalue weighted by molar-refractivity contribution is 0.101. The van der Waals surface area contributed by atoms with E-state index in [2.05, 4.69) is 15.1 Å². The second-order valence-electron chi connectivity index (χ2n) is 5.48. The average Bonchev–Trinajstić information content (AvgIpc) is 3.05. The minimum atomic E-state index is -0.0449. The minimum Gasteiger partial charge on any atom is -0.293 e. The average molecular weight is 314 g/mol. The van der Waals surface area contributed by atoms with Crippen molar-refractivity contribution in [3.63, 3.8) is 0 Å². The number of nitrogens with zero attached hydrogens (tertiary/aromatic N) is 4. The summed E-state index contributed by atoms with van der Waals surface area (Å²) in [5, 5.41) is 5.45. The molecule has 0 aliphatic carbocycles. The summed E-state index contributed by atoms with van der Waals surface area (Å²) in [4.78, 5) is 20.3. The number of aromatic nitrogens is 4. The first-order valence-corrected chi connectivity index (χ1v) is 7.60. The molecule has 4 aromatic rings. The first-order chi connectivity index (χ1) is 11.7. The van der Waals surface area contributed by atoms with Crippen molar-refractivity contribution >= 4 is 16.7 Å². The number of pyridine rings is 2. The van der Waals surface area contributed by atoms with Crippen LogP contribution in [0.1, 0.15) is 17.4 Å². The van der Waals surface area contributed by atoms with Crippen LogP contribution in [0.25, 0.3) is 28.0 Å². The van der Waals surface area contributed by atoms with E-state index in [1.54, 1.807) is 16.9 Å². The van der Waals surface area contributed by atoms with Crippen LogP contribution in [0.15, 0.2) is 67.0 Å². The van der Waals surface area contributed by atoms with Gasteiger partial charge in [0.2, 0.25) is 0 Å². The zero-order valence-electron chi connectivity index (χ0n) is 13.0. The van der Waals surface area contributed by atoms with Gasteiger partial charge in [0.1, 0.15) is 5.69 Å². The maximum Gasteiger partial charge on any atom is 0.178 e. The Labute approximate surface area is 138 Å². The smallest absolute Gasteiger partial charge is 0.178 e. The van der Waals surface area contributed by atoms with Gasteiger partial charge in [-0.1, -0.05) is 24.3 Å². The monoisotopic (exact) mass is 314 g/mol. The molecule has 0 aliphatic heterocycles. The van der Waals surface area contributed by atoms with Crippen LogP contribution in [0.2, 0.25) is 0 Å². The van der Waals surface area contributed by atoms with Gasteiger partial charge in [-0.3, -0.25) is 4.79 Å². The molecule has 0 bridgehead atoms. The molecule has 0 atom stereocenters. The highest BCUT2D eigenvalue weighted by atomic mass is 16.1. The Morgan fingerprint density at radius 2 is 1.96 bits per heavy atom. The van der Waals surface area contributed by atoms with E-state index in [-0.39, 0.29) is 5.78 Å². The van der Waals surface area contributed by atoms with E-state index < -0.39 is 0 Å². The predicted octanol–water partition coefficient (Wildman–Crippen LogP) is 3.69. The molecule has 0 saturated heterocycles. The number of hydrogen-bond donors (Lipinski definition) is 0. The third-order valence-corrected chi connectivity index (χ3v) is 3.84. The first-order valence-electron chi connectivity index (χ1n) is 7.60. The van der Waals surface area contributed by atoms with Gasteiger partial charge < -0.3 is 0 Å². The number of benzene rings is 1. The van der Waals surface area contributed by atoms with Gasteiger partial charge in [0.25, 0.3) is 0 Å². The molecule has 0 aliphatic rings. The van der Waals surface area contributed by atoms with Crippen molar-refractivity contribution in [1.29, 1.82) is 0 Å². The molecule has 5 heteroatoms. The molecular formula is C19H14N4O. The molecule has 1 aromatic carbocycles. The molecule has 5 nitrogen and oxygen atoms in total. The third kappa shape index (κ3) is 2.46. The second kappa shape index (κ2) is 5.70. The highest BCUT2D eigenvalue weighted by Crippen LogP contribution is 2.24. The van der Waals surface area contributed by atoms with Crippen molar-refractivity contribution < 1.29 is 4.79 Å².